The van der Waals surface area contributed by atoms with E-state index in [9.17, 15) is 4.79 Å². The lowest BCUT2D eigenvalue weighted by molar-refractivity contribution is 0.0925. The number of fused-ring (bicyclic) bond motifs is 1. The van der Waals surface area contributed by atoms with Crippen molar-refractivity contribution in [3.8, 4) is 0 Å². The van der Waals surface area contributed by atoms with Gasteiger partial charge in [0.05, 0.1) is 6.54 Å². The number of furan rings is 1. The number of benzene rings is 1. The van der Waals surface area contributed by atoms with Gasteiger partial charge in [-0.3, -0.25) is 4.79 Å². The summed E-state index contributed by atoms with van der Waals surface area (Å²) >= 11 is 5.04. The molecule has 2 heterocycles. The first-order valence-electron chi connectivity index (χ1n) is 5.72. The molecule has 0 unspecified atom stereocenters. The SMILES string of the molecule is O=C(NCc1sccc1Br)c1cc2ccccc2o1. The highest BCUT2D eigenvalue weighted by Crippen LogP contribution is 2.23. The summed E-state index contributed by atoms with van der Waals surface area (Å²) in [5.74, 6) is 0.144. The molecule has 3 nitrogen and oxygen atoms in total. The summed E-state index contributed by atoms with van der Waals surface area (Å²) in [6.07, 6.45) is 0. The van der Waals surface area contributed by atoms with Crippen LogP contribution in [0.1, 0.15) is 15.4 Å². The van der Waals surface area contributed by atoms with Gasteiger partial charge in [-0.25, -0.2) is 0 Å². The minimum atomic E-state index is -0.198. The standard InChI is InChI=1S/C14H10BrNO2S/c15-10-5-6-19-13(10)8-16-14(17)12-7-9-3-1-2-4-11(9)18-12/h1-7H,8H2,(H,16,17). The van der Waals surface area contributed by atoms with Gasteiger partial charge in [0.25, 0.3) is 5.91 Å². The lowest BCUT2D eigenvalue weighted by atomic mass is 10.2. The van der Waals surface area contributed by atoms with E-state index in [2.05, 4.69) is 21.2 Å². The average molecular weight is 336 g/mol. The molecule has 96 valence electrons. The van der Waals surface area contributed by atoms with Crippen LogP contribution in [0.4, 0.5) is 0 Å². The van der Waals surface area contributed by atoms with Crippen LogP contribution < -0.4 is 5.32 Å². The molecule has 0 aliphatic carbocycles. The highest BCUT2D eigenvalue weighted by atomic mass is 79.9. The quantitative estimate of drug-likeness (QED) is 0.779. The molecule has 0 radical (unpaired) electrons. The fourth-order valence-corrected chi connectivity index (χ4v) is 3.22. The van der Waals surface area contributed by atoms with Crippen molar-refractivity contribution in [3.05, 3.63) is 56.9 Å². The van der Waals surface area contributed by atoms with Crippen molar-refractivity contribution in [2.75, 3.05) is 0 Å². The van der Waals surface area contributed by atoms with E-state index in [-0.39, 0.29) is 5.91 Å². The van der Waals surface area contributed by atoms with Gasteiger partial charge in [0.1, 0.15) is 5.58 Å². The minimum Gasteiger partial charge on any atom is -0.451 e. The largest absolute Gasteiger partial charge is 0.451 e. The molecule has 1 N–H and O–H groups in total. The van der Waals surface area contributed by atoms with Crippen LogP contribution in [0.25, 0.3) is 11.0 Å². The van der Waals surface area contributed by atoms with Crippen molar-refractivity contribution in [1.29, 1.82) is 0 Å². The molecule has 0 saturated heterocycles. The number of hydrogen-bond donors (Lipinski definition) is 1. The van der Waals surface area contributed by atoms with Crippen molar-refractivity contribution in [1.82, 2.24) is 5.32 Å². The smallest absolute Gasteiger partial charge is 0.287 e. The normalized spacial score (nSPS) is 10.8. The predicted molar refractivity (Wildman–Crippen MR) is 79.4 cm³/mol. The van der Waals surface area contributed by atoms with Crippen LogP contribution in [-0.2, 0) is 6.54 Å². The molecule has 0 atom stereocenters. The van der Waals surface area contributed by atoms with Crippen LogP contribution >= 0.6 is 27.3 Å². The van der Waals surface area contributed by atoms with Crippen LogP contribution in [-0.4, -0.2) is 5.91 Å². The first kappa shape index (κ1) is 12.4. The summed E-state index contributed by atoms with van der Waals surface area (Å²) in [4.78, 5) is 13.1. The molecule has 19 heavy (non-hydrogen) atoms. The Balaban J connectivity index is 1.75. The monoisotopic (exact) mass is 335 g/mol. The number of carbonyl (C=O) groups is 1. The van der Waals surface area contributed by atoms with E-state index in [0.717, 1.165) is 20.3 Å². The Labute approximate surface area is 122 Å². The average Bonchev–Trinajstić information content (AvgIpc) is 3.01. The van der Waals surface area contributed by atoms with Crippen LogP contribution in [0.15, 0.2) is 50.7 Å². The van der Waals surface area contributed by atoms with E-state index in [1.54, 1.807) is 17.4 Å². The second kappa shape index (κ2) is 5.19. The zero-order chi connectivity index (χ0) is 13.2. The fourth-order valence-electron chi connectivity index (χ4n) is 1.79. The number of amides is 1. The van der Waals surface area contributed by atoms with Gasteiger partial charge < -0.3 is 9.73 Å². The van der Waals surface area contributed by atoms with Gasteiger partial charge in [0.15, 0.2) is 5.76 Å². The van der Waals surface area contributed by atoms with Gasteiger partial charge in [-0.2, -0.15) is 0 Å². The molecule has 3 rings (SSSR count). The molecule has 1 aromatic carbocycles. The van der Waals surface area contributed by atoms with Gasteiger partial charge >= 0.3 is 0 Å². The van der Waals surface area contributed by atoms with Gasteiger partial charge in [0.2, 0.25) is 0 Å². The zero-order valence-corrected chi connectivity index (χ0v) is 12.3. The maximum absolute atomic E-state index is 12.0. The second-order valence-corrected chi connectivity index (χ2v) is 5.88. The Bertz CT molecular complexity index is 699. The lowest BCUT2D eigenvalue weighted by Gasteiger charge is -2.01. The Morgan fingerprint density at radius 2 is 2.16 bits per heavy atom. The molecule has 0 spiro atoms. The summed E-state index contributed by atoms with van der Waals surface area (Å²) in [5.41, 5.74) is 0.727. The maximum Gasteiger partial charge on any atom is 0.287 e. The van der Waals surface area contributed by atoms with Gasteiger partial charge in [-0.05, 0) is 39.5 Å². The zero-order valence-electron chi connectivity index (χ0n) is 9.85. The highest BCUT2D eigenvalue weighted by Gasteiger charge is 2.12. The lowest BCUT2D eigenvalue weighted by Crippen LogP contribution is -2.21. The number of para-hydroxylation sites is 1. The minimum absolute atomic E-state index is 0.198. The van der Waals surface area contributed by atoms with E-state index >= 15 is 0 Å². The Kier molecular flexibility index (Phi) is 3.40. The third-order valence-corrected chi connectivity index (χ3v) is 4.68. The third-order valence-electron chi connectivity index (χ3n) is 2.75. The molecule has 0 fully saturated rings. The molecule has 5 heteroatoms. The van der Waals surface area contributed by atoms with Crippen LogP contribution in [0.5, 0.6) is 0 Å². The van der Waals surface area contributed by atoms with Crippen LogP contribution in [0, 0.1) is 0 Å². The molecule has 3 aromatic rings. The first-order valence-corrected chi connectivity index (χ1v) is 7.40. The highest BCUT2D eigenvalue weighted by molar-refractivity contribution is 9.10. The number of carbonyl (C=O) groups excluding carboxylic acids is 1. The molecular weight excluding hydrogens is 326 g/mol. The summed E-state index contributed by atoms with van der Waals surface area (Å²) in [6.45, 7) is 0.494. The summed E-state index contributed by atoms with van der Waals surface area (Å²) < 4.78 is 6.53. The predicted octanol–water partition coefficient (Wildman–Crippen LogP) is 4.19. The maximum atomic E-state index is 12.0. The van der Waals surface area contributed by atoms with Gasteiger partial charge in [-0.1, -0.05) is 18.2 Å². The first-order chi connectivity index (χ1) is 9.24. The summed E-state index contributed by atoms with van der Waals surface area (Å²) in [5, 5.41) is 5.76. The molecule has 0 aliphatic rings. The number of halogens is 1. The van der Waals surface area contributed by atoms with Crippen molar-refractivity contribution in [2.24, 2.45) is 0 Å². The number of hydrogen-bond acceptors (Lipinski definition) is 3. The van der Waals surface area contributed by atoms with E-state index in [4.69, 9.17) is 4.42 Å². The number of nitrogens with one attached hydrogen (secondary N) is 1. The number of thiophene rings is 1. The van der Waals surface area contributed by atoms with Crippen LogP contribution in [0.3, 0.4) is 0 Å². The molecule has 0 saturated carbocycles. The van der Waals surface area contributed by atoms with Crippen molar-refractivity contribution < 1.29 is 9.21 Å². The number of rotatable bonds is 3. The molecular formula is C14H10BrNO2S. The van der Waals surface area contributed by atoms with E-state index in [1.165, 1.54) is 0 Å². The molecule has 2 aromatic heterocycles. The topological polar surface area (TPSA) is 42.2 Å². The molecule has 1 amide bonds. The van der Waals surface area contributed by atoms with E-state index in [1.807, 2.05) is 35.7 Å². The third kappa shape index (κ3) is 2.57. The molecule has 0 bridgehead atoms. The Hall–Kier alpha value is -1.59. The summed E-state index contributed by atoms with van der Waals surface area (Å²) in [7, 11) is 0. The summed E-state index contributed by atoms with van der Waals surface area (Å²) in [6, 6.07) is 11.3. The van der Waals surface area contributed by atoms with Crippen molar-refractivity contribution in [2.45, 2.75) is 6.54 Å². The van der Waals surface area contributed by atoms with E-state index < -0.39 is 0 Å². The Morgan fingerprint density at radius 3 is 2.89 bits per heavy atom. The van der Waals surface area contributed by atoms with E-state index in [0.29, 0.717) is 12.3 Å². The second-order valence-electron chi connectivity index (χ2n) is 4.02. The van der Waals surface area contributed by atoms with Gasteiger partial charge in [0, 0.05) is 14.7 Å². The van der Waals surface area contributed by atoms with Crippen LogP contribution in [0.2, 0.25) is 0 Å². The van der Waals surface area contributed by atoms with Crippen molar-refractivity contribution in [3.63, 3.8) is 0 Å². The van der Waals surface area contributed by atoms with Crippen molar-refractivity contribution >= 4 is 44.1 Å². The molecule has 0 aliphatic heterocycles. The van der Waals surface area contributed by atoms with Gasteiger partial charge in [-0.15, -0.1) is 11.3 Å². The fraction of sp³-hybridized carbons (Fsp3) is 0.0714. The Morgan fingerprint density at radius 1 is 1.32 bits per heavy atom.